The largest absolute Gasteiger partial charge is 0.352 e. The minimum Gasteiger partial charge on any atom is -0.352 e. The molecular weight excluding hydrogens is 487 g/mol. The molecule has 2 aliphatic rings. The van der Waals surface area contributed by atoms with Gasteiger partial charge in [-0.25, -0.2) is 9.07 Å². The van der Waals surface area contributed by atoms with E-state index >= 15 is 4.39 Å². The Bertz CT molecular complexity index is 1370. The molecule has 0 radical (unpaired) electrons. The lowest BCUT2D eigenvalue weighted by Gasteiger charge is -2.25. The van der Waals surface area contributed by atoms with Gasteiger partial charge in [0, 0.05) is 22.6 Å². The summed E-state index contributed by atoms with van der Waals surface area (Å²) in [6, 6.07) is 13.0. The normalized spacial score (nSPS) is 17.9. The minimum atomic E-state index is -0.453. The van der Waals surface area contributed by atoms with Crippen molar-refractivity contribution < 1.29 is 14.0 Å². The molecule has 1 aliphatic carbocycles. The van der Waals surface area contributed by atoms with Crippen LogP contribution >= 0.6 is 11.8 Å². The SMILES string of the molecule is Cc1ccc(-n2nc(C(C)(C)C)c3c2N(CC(=O)NC2CC2)C(=O)CS[C@H]3c2ccccc2F)c(C)c1. The summed E-state index contributed by atoms with van der Waals surface area (Å²) in [6.45, 7) is 10.2. The minimum absolute atomic E-state index is 0.104. The van der Waals surface area contributed by atoms with E-state index in [0.717, 1.165) is 40.9 Å². The number of halogens is 1. The second-order valence-electron chi connectivity index (χ2n) is 11.1. The van der Waals surface area contributed by atoms with E-state index < -0.39 is 10.7 Å². The van der Waals surface area contributed by atoms with Crippen molar-refractivity contribution >= 4 is 29.4 Å². The van der Waals surface area contributed by atoms with Crippen LogP contribution < -0.4 is 10.2 Å². The second kappa shape index (κ2) is 9.63. The zero-order valence-electron chi connectivity index (χ0n) is 22.0. The quantitative estimate of drug-likeness (QED) is 0.491. The van der Waals surface area contributed by atoms with Crippen LogP contribution in [0.5, 0.6) is 0 Å². The maximum Gasteiger partial charge on any atom is 0.240 e. The number of amides is 2. The first-order chi connectivity index (χ1) is 17.5. The van der Waals surface area contributed by atoms with Gasteiger partial charge in [-0.2, -0.15) is 5.10 Å². The number of aryl methyl sites for hydroxylation is 2. The van der Waals surface area contributed by atoms with Crippen molar-refractivity contribution in [1.82, 2.24) is 15.1 Å². The number of rotatable bonds is 5. The van der Waals surface area contributed by atoms with E-state index in [-0.39, 0.29) is 36.0 Å². The topological polar surface area (TPSA) is 67.2 Å². The van der Waals surface area contributed by atoms with E-state index in [2.05, 4.69) is 32.2 Å². The number of nitrogens with zero attached hydrogens (tertiary/aromatic N) is 3. The smallest absolute Gasteiger partial charge is 0.240 e. The molecule has 2 heterocycles. The van der Waals surface area contributed by atoms with Crippen LogP contribution in [0.25, 0.3) is 5.69 Å². The number of hydrogen-bond acceptors (Lipinski definition) is 4. The Labute approximate surface area is 221 Å². The molecule has 2 aromatic carbocycles. The average Bonchev–Trinajstić information content (AvgIpc) is 3.56. The summed E-state index contributed by atoms with van der Waals surface area (Å²) in [5.74, 6) is -0.0336. The monoisotopic (exact) mass is 520 g/mol. The second-order valence-corrected chi connectivity index (χ2v) is 12.2. The number of aromatic nitrogens is 2. The predicted molar refractivity (Wildman–Crippen MR) is 146 cm³/mol. The van der Waals surface area contributed by atoms with Gasteiger partial charge in [-0.1, -0.05) is 56.7 Å². The third kappa shape index (κ3) is 5.04. The van der Waals surface area contributed by atoms with Crippen LogP contribution in [0.4, 0.5) is 10.2 Å². The van der Waals surface area contributed by atoms with Gasteiger partial charge in [0.15, 0.2) is 0 Å². The number of fused-ring (bicyclic) bond motifs is 1. The van der Waals surface area contributed by atoms with Gasteiger partial charge in [-0.3, -0.25) is 14.5 Å². The fourth-order valence-electron chi connectivity index (χ4n) is 4.86. The summed E-state index contributed by atoms with van der Waals surface area (Å²) < 4.78 is 17.0. The molecule has 194 valence electrons. The van der Waals surface area contributed by atoms with Crippen LogP contribution in [0.15, 0.2) is 42.5 Å². The Morgan fingerprint density at radius 3 is 2.54 bits per heavy atom. The number of carbonyl (C=O) groups excluding carboxylic acids is 2. The third-order valence-corrected chi connectivity index (χ3v) is 8.05. The number of nitrogens with one attached hydrogen (secondary N) is 1. The highest BCUT2D eigenvalue weighted by Gasteiger charge is 2.41. The average molecular weight is 521 g/mol. The van der Waals surface area contributed by atoms with Gasteiger partial charge in [0.25, 0.3) is 0 Å². The fraction of sp³-hybridized carbons (Fsp3) is 0.414. The first-order valence-electron chi connectivity index (χ1n) is 12.7. The Balaban J connectivity index is 1.78. The Morgan fingerprint density at radius 1 is 1.16 bits per heavy atom. The van der Waals surface area contributed by atoms with Crippen molar-refractivity contribution in [3.05, 3.63) is 76.2 Å². The number of anilines is 1. The molecule has 0 spiro atoms. The molecule has 0 saturated heterocycles. The van der Waals surface area contributed by atoms with Crippen molar-refractivity contribution in [2.75, 3.05) is 17.2 Å². The number of hydrogen-bond donors (Lipinski definition) is 1. The maximum atomic E-state index is 15.2. The molecular formula is C29H33FN4O2S. The van der Waals surface area contributed by atoms with Crippen molar-refractivity contribution in [1.29, 1.82) is 0 Å². The molecule has 1 aliphatic heterocycles. The van der Waals surface area contributed by atoms with Crippen LogP contribution in [0.2, 0.25) is 0 Å². The molecule has 3 aromatic rings. The summed E-state index contributed by atoms with van der Waals surface area (Å²) in [6.07, 6.45) is 1.93. The van der Waals surface area contributed by atoms with Gasteiger partial charge in [0.1, 0.15) is 18.2 Å². The summed E-state index contributed by atoms with van der Waals surface area (Å²) >= 11 is 1.39. The van der Waals surface area contributed by atoms with Gasteiger partial charge in [-0.05, 0) is 44.4 Å². The standard InChI is InChI=1S/C29H33FN4O2S/c1-17-10-13-22(18(2)14-17)34-28-25(27(32-34)29(3,4)5)26(20-8-6-7-9-21(20)30)37-16-24(36)33(28)15-23(35)31-19-11-12-19/h6-10,13-14,19,26H,11-12,15-16H2,1-5H3,(H,31,35)/t26-/m0/s1. The molecule has 37 heavy (non-hydrogen) atoms. The lowest BCUT2D eigenvalue weighted by atomic mass is 9.87. The molecule has 1 saturated carbocycles. The summed E-state index contributed by atoms with van der Waals surface area (Å²) in [4.78, 5) is 28.2. The highest BCUT2D eigenvalue weighted by molar-refractivity contribution is 8.00. The number of thioether (sulfide) groups is 1. The zero-order valence-corrected chi connectivity index (χ0v) is 22.8. The highest BCUT2D eigenvalue weighted by Crippen LogP contribution is 2.49. The van der Waals surface area contributed by atoms with E-state index in [4.69, 9.17) is 5.10 Å². The summed E-state index contributed by atoms with van der Waals surface area (Å²) in [7, 11) is 0. The zero-order chi connectivity index (χ0) is 26.5. The van der Waals surface area contributed by atoms with E-state index in [1.165, 1.54) is 17.8 Å². The molecule has 1 atom stereocenters. The molecule has 1 N–H and O–H groups in total. The first-order valence-corrected chi connectivity index (χ1v) is 13.8. The Morgan fingerprint density at radius 2 is 1.89 bits per heavy atom. The molecule has 6 nitrogen and oxygen atoms in total. The number of benzene rings is 2. The highest BCUT2D eigenvalue weighted by atomic mass is 32.2. The van der Waals surface area contributed by atoms with Crippen molar-refractivity contribution in [3.8, 4) is 5.69 Å². The van der Waals surface area contributed by atoms with E-state index in [1.54, 1.807) is 21.7 Å². The van der Waals surface area contributed by atoms with E-state index in [1.807, 2.05) is 32.0 Å². The van der Waals surface area contributed by atoms with Gasteiger partial charge in [0.2, 0.25) is 11.8 Å². The van der Waals surface area contributed by atoms with Gasteiger partial charge < -0.3 is 5.32 Å². The van der Waals surface area contributed by atoms with Crippen molar-refractivity contribution in [2.45, 2.75) is 64.2 Å². The van der Waals surface area contributed by atoms with Crippen LogP contribution in [-0.4, -0.2) is 39.9 Å². The molecule has 1 fully saturated rings. The fourth-order valence-corrected chi connectivity index (χ4v) is 6.08. The molecule has 2 amide bonds. The molecule has 0 unspecified atom stereocenters. The Hall–Kier alpha value is -3.13. The molecule has 0 bridgehead atoms. The molecule has 5 rings (SSSR count). The van der Waals surface area contributed by atoms with Crippen LogP contribution in [0.3, 0.4) is 0 Å². The van der Waals surface area contributed by atoms with E-state index in [0.29, 0.717) is 11.4 Å². The third-order valence-electron chi connectivity index (χ3n) is 6.81. The lowest BCUT2D eigenvalue weighted by Crippen LogP contribution is -2.43. The maximum absolute atomic E-state index is 15.2. The van der Waals surface area contributed by atoms with Gasteiger partial charge >= 0.3 is 0 Å². The van der Waals surface area contributed by atoms with Crippen LogP contribution in [0, 0.1) is 19.7 Å². The van der Waals surface area contributed by atoms with Gasteiger partial charge in [-0.15, -0.1) is 11.8 Å². The van der Waals surface area contributed by atoms with Gasteiger partial charge in [0.05, 0.1) is 22.4 Å². The van der Waals surface area contributed by atoms with Crippen molar-refractivity contribution in [2.24, 2.45) is 0 Å². The summed E-state index contributed by atoms with van der Waals surface area (Å²) in [5.41, 5.74) is 4.63. The predicted octanol–water partition coefficient (Wildman–Crippen LogP) is 5.37. The van der Waals surface area contributed by atoms with Crippen molar-refractivity contribution in [3.63, 3.8) is 0 Å². The summed E-state index contributed by atoms with van der Waals surface area (Å²) in [5, 5.41) is 7.65. The van der Waals surface area contributed by atoms with Crippen LogP contribution in [0.1, 0.15) is 66.8 Å². The molecule has 8 heteroatoms. The van der Waals surface area contributed by atoms with Crippen LogP contribution in [-0.2, 0) is 15.0 Å². The first kappa shape index (κ1) is 25.5. The Kier molecular flexibility index (Phi) is 6.64. The lowest BCUT2D eigenvalue weighted by molar-refractivity contribution is -0.123. The number of carbonyl (C=O) groups is 2. The molecule has 1 aromatic heterocycles. The van der Waals surface area contributed by atoms with E-state index in [9.17, 15) is 9.59 Å².